The molecule has 3 aromatic rings. The number of hydrogen-bond donors (Lipinski definition) is 1. The molecule has 5 rings (SSSR count). The van der Waals surface area contributed by atoms with Crippen molar-refractivity contribution in [3.05, 3.63) is 60.2 Å². The Balaban J connectivity index is 1.22. The normalized spacial score (nSPS) is 19.8. The number of ether oxygens (including phenoxy) is 1. The van der Waals surface area contributed by atoms with Crippen molar-refractivity contribution >= 4 is 33.5 Å². The van der Waals surface area contributed by atoms with E-state index in [-0.39, 0.29) is 11.9 Å². The van der Waals surface area contributed by atoms with Crippen LogP contribution in [0.5, 0.6) is 0 Å². The van der Waals surface area contributed by atoms with E-state index in [1.165, 1.54) is 0 Å². The Labute approximate surface area is 213 Å². The SMILES string of the molecule is O=C(NCC(F)(F)F)O[C@@H]1CCCN(C2CCN(C(=O)c3c4ccccc4cc4ccccc34)CC2)C1. The van der Waals surface area contributed by atoms with E-state index in [4.69, 9.17) is 4.74 Å². The Hall–Kier alpha value is -3.33. The van der Waals surface area contributed by atoms with Crippen molar-refractivity contribution in [3.63, 3.8) is 0 Å². The summed E-state index contributed by atoms with van der Waals surface area (Å²) in [6.07, 6.45) is -2.93. The molecule has 2 saturated heterocycles. The molecule has 3 aromatic carbocycles. The lowest BCUT2D eigenvalue weighted by Crippen LogP contribution is -2.51. The van der Waals surface area contributed by atoms with E-state index in [1.807, 2.05) is 53.4 Å². The highest BCUT2D eigenvalue weighted by Crippen LogP contribution is 2.31. The zero-order chi connectivity index (χ0) is 26.0. The lowest BCUT2D eigenvalue weighted by Gasteiger charge is -2.42. The van der Waals surface area contributed by atoms with Gasteiger partial charge < -0.3 is 15.0 Å². The molecule has 9 heteroatoms. The average molecular weight is 514 g/mol. The van der Waals surface area contributed by atoms with E-state index in [9.17, 15) is 22.8 Å². The summed E-state index contributed by atoms with van der Waals surface area (Å²) in [5.41, 5.74) is 0.739. The summed E-state index contributed by atoms with van der Waals surface area (Å²) in [4.78, 5) is 29.7. The predicted octanol–water partition coefficient (Wildman–Crippen LogP) is 5.35. The maximum absolute atomic E-state index is 13.8. The van der Waals surface area contributed by atoms with Crippen LogP contribution >= 0.6 is 0 Å². The maximum atomic E-state index is 13.8. The van der Waals surface area contributed by atoms with Gasteiger partial charge in [-0.15, -0.1) is 0 Å². The van der Waals surface area contributed by atoms with E-state index in [0.717, 1.165) is 52.9 Å². The van der Waals surface area contributed by atoms with Gasteiger partial charge >= 0.3 is 12.3 Å². The van der Waals surface area contributed by atoms with E-state index in [1.54, 1.807) is 5.32 Å². The van der Waals surface area contributed by atoms with Gasteiger partial charge in [0.1, 0.15) is 12.6 Å². The number of rotatable bonds is 4. The molecule has 0 radical (unpaired) electrons. The smallest absolute Gasteiger partial charge is 0.407 e. The lowest BCUT2D eigenvalue weighted by molar-refractivity contribution is -0.124. The minimum Gasteiger partial charge on any atom is -0.445 e. The third-order valence-electron chi connectivity index (χ3n) is 7.37. The Morgan fingerprint density at radius 1 is 0.919 bits per heavy atom. The van der Waals surface area contributed by atoms with Crippen LogP contribution in [-0.4, -0.2) is 72.8 Å². The van der Waals surface area contributed by atoms with Crippen molar-refractivity contribution in [1.29, 1.82) is 0 Å². The fraction of sp³-hybridized carbons (Fsp3) is 0.429. The largest absolute Gasteiger partial charge is 0.445 e. The van der Waals surface area contributed by atoms with Crippen LogP contribution in [0.4, 0.5) is 18.0 Å². The topological polar surface area (TPSA) is 61.9 Å². The number of nitrogens with zero attached hydrogens (tertiary/aromatic N) is 2. The van der Waals surface area contributed by atoms with Gasteiger partial charge in [0.25, 0.3) is 5.91 Å². The number of halogens is 3. The van der Waals surface area contributed by atoms with Gasteiger partial charge in [0, 0.05) is 25.7 Å². The summed E-state index contributed by atoms with van der Waals surface area (Å²) in [6.45, 7) is 1.17. The number of likely N-dealkylation sites (tertiary alicyclic amines) is 2. The Bertz CT molecular complexity index is 1230. The van der Waals surface area contributed by atoms with Gasteiger partial charge in [0.2, 0.25) is 0 Å². The van der Waals surface area contributed by atoms with Gasteiger partial charge in [0.05, 0.1) is 5.56 Å². The summed E-state index contributed by atoms with van der Waals surface area (Å²) in [5, 5.41) is 5.76. The number of carbonyl (C=O) groups excluding carboxylic acids is 2. The average Bonchev–Trinajstić information content (AvgIpc) is 2.90. The molecule has 2 amide bonds. The van der Waals surface area contributed by atoms with Gasteiger partial charge in [-0.2, -0.15) is 13.2 Å². The number of hydrogen-bond acceptors (Lipinski definition) is 4. The number of alkyl carbamates (subject to hydrolysis) is 1. The molecule has 37 heavy (non-hydrogen) atoms. The first-order valence-electron chi connectivity index (χ1n) is 12.7. The summed E-state index contributed by atoms with van der Waals surface area (Å²) >= 11 is 0. The Kier molecular flexibility index (Phi) is 7.24. The van der Waals surface area contributed by atoms with Crippen molar-refractivity contribution in [2.45, 2.75) is 44.0 Å². The van der Waals surface area contributed by atoms with Crippen LogP contribution in [0.3, 0.4) is 0 Å². The fourth-order valence-corrected chi connectivity index (χ4v) is 5.60. The van der Waals surface area contributed by atoms with Crippen LogP contribution < -0.4 is 5.32 Å². The van der Waals surface area contributed by atoms with E-state index >= 15 is 0 Å². The molecule has 196 valence electrons. The second-order valence-corrected chi connectivity index (χ2v) is 9.85. The molecule has 0 aliphatic carbocycles. The highest BCUT2D eigenvalue weighted by molar-refractivity contribution is 6.18. The van der Waals surface area contributed by atoms with Crippen LogP contribution in [0.1, 0.15) is 36.0 Å². The fourth-order valence-electron chi connectivity index (χ4n) is 5.60. The molecule has 2 aliphatic heterocycles. The summed E-state index contributed by atoms with van der Waals surface area (Å²) < 4.78 is 42.3. The number of nitrogens with one attached hydrogen (secondary N) is 1. The second kappa shape index (κ2) is 10.6. The molecule has 0 bridgehead atoms. The van der Waals surface area contributed by atoms with Gasteiger partial charge in [0.15, 0.2) is 0 Å². The van der Waals surface area contributed by atoms with Crippen LogP contribution in [0.25, 0.3) is 21.5 Å². The van der Waals surface area contributed by atoms with Crippen LogP contribution in [0.15, 0.2) is 54.6 Å². The third kappa shape index (κ3) is 5.82. The minimum atomic E-state index is -4.47. The molecular weight excluding hydrogens is 483 g/mol. The Morgan fingerprint density at radius 3 is 2.16 bits per heavy atom. The molecule has 0 unspecified atom stereocenters. The second-order valence-electron chi connectivity index (χ2n) is 9.85. The van der Waals surface area contributed by atoms with Crippen molar-refractivity contribution in [2.24, 2.45) is 0 Å². The number of alkyl halides is 3. The van der Waals surface area contributed by atoms with Crippen molar-refractivity contribution < 1.29 is 27.5 Å². The van der Waals surface area contributed by atoms with Crippen LogP contribution in [0, 0.1) is 0 Å². The number of amides is 2. The van der Waals surface area contributed by atoms with Crippen molar-refractivity contribution in [3.8, 4) is 0 Å². The van der Waals surface area contributed by atoms with Gasteiger partial charge in [-0.05, 0) is 59.8 Å². The maximum Gasteiger partial charge on any atom is 0.407 e. The number of carbonyl (C=O) groups is 2. The van der Waals surface area contributed by atoms with E-state index in [0.29, 0.717) is 26.1 Å². The molecule has 6 nitrogen and oxygen atoms in total. The summed E-state index contributed by atoms with van der Waals surface area (Å²) in [7, 11) is 0. The predicted molar refractivity (Wildman–Crippen MR) is 136 cm³/mol. The molecule has 2 aliphatic rings. The highest BCUT2D eigenvalue weighted by Gasteiger charge is 2.33. The first-order chi connectivity index (χ1) is 17.8. The molecule has 0 aromatic heterocycles. The molecule has 2 fully saturated rings. The van der Waals surface area contributed by atoms with Crippen LogP contribution in [0.2, 0.25) is 0 Å². The Morgan fingerprint density at radius 2 is 1.54 bits per heavy atom. The number of fused-ring (bicyclic) bond motifs is 2. The number of benzene rings is 3. The zero-order valence-corrected chi connectivity index (χ0v) is 20.5. The zero-order valence-electron chi connectivity index (χ0n) is 20.5. The quantitative estimate of drug-likeness (QED) is 0.478. The van der Waals surface area contributed by atoms with Gasteiger partial charge in [-0.1, -0.05) is 48.5 Å². The molecule has 1 N–H and O–H groups in total. The van der Waals surface area contributed by atoms with Crippen molar-refractivity contribution in [2.75, 3.05) is 32.7 Å². The first kappa shape index (κ1) is 25.3. The van der Waals surface area contributed by atoms with Crippen molar-refractivity contribution in [1.82, 2.24) is 15.1 Å². The monoisotopic (exact) mass is 513 g/mol. The third-order valence-corrected chi connectivity index (χ3v) is 7.37. The van der Waals surface area contributed by atoms with Gasteiger partial charge in [-0.3, -0.25) is 9.69 Å². The molecule has 0 saturated carbocycles. The molecular formula is C28H30F3N3O3. The molecule has 0 spiro atoms. The standard InChI is InChI=1S/C28H30F3N3O3/c29-28(30,31)18-32-27(36)37-22-8-5-13-34(17-22)21-11-14-33(15-12-21)26(35)25-23-9-3-1-6-19(23)16-20-7-2-4-10-24(20)25/h1-4,6-7,9-10,16,21-22H,5,8,11-15,17-18H2,(H,32,36)/t22-/m1/s1. The summed E-state index contributed by atoms with van der Waals surface area (Å²) in [5.74, 6) is 0.0349. The molecule has 1 atom stereocenters. The van der Waals surface area contributed by atoms with E-state index < -0.39 is 24.9 Å². The minimum absolute atomic E-state index is 0.0349. The lowest BCUT2D eigenvalue weighted by atomic mass is 9.94. The van der Waals surface area contributed by atoms with Crippen LogP contribution in [-0.2, 0) is 4.74 Å². The summed E-state index contributed by atoms with van der Waals surface area (Å²) in [6, 6.07) is 18.3. The van der Waals surface area contributed by atoms with E-state index in [2.05, 4.69) is 11.0 Å². The number of piperidine rings is 2. The first-order valence-corrected chi connectivity index (χ1v) is 12.7. The highest BCUT2D eigenvalue weighted by atomic mass is 19.4. The molecule has 2 heterocycles. The van der Waals surface area contributed by atoms with Gasteiger partial charge in [-0.25, -0.2) is 4.79 Å².